The van der Waals surface area contributed by atoms with Gasteiger partial charge in [0, 0.05) is 0 Å². The summed E-state index contributed by atoms with van der Waals surface area (Å²) in [6, 6.07) is -3.78. The Morgan fingerprint density at radius 1 is 1.62 bits per heavy atom. The van der Waals surface area contributed by atoms with Gasteiger partial charge in [-0.3, -0.25) is 10.6 Å². The zero-order chi connectivity index (χ0) is 6.78. The molecule has 5 N–H and O–H groups in total. The van der Waals surface area contributed by atoms with Gasteiger partial charge in [0.1, 0.15) is 0 Å². The fraction of sp³-hybridized carbons (Fsp3) is 1.00. The highest BCUT2D eigenvalue weighted by molar-refractivity contribution is 4.56. The Balaban J connectivity index is 3.62. The van der Waals surface area contributed by atoms with E-state index in [2.05, 4.69) is 16.5 Å². The molecule has 0 saturated carbocycles. The van der Waals surface area contributed by atoms with Gasteiger partial charge in [-0.1, -0.05) is 0 Å². The van der Waals surface area contributed by atoms with Crippen molar-refractivity contribution in [3.05, 3.63) is 0 Å². The summed E-state index contributed by atoms with van der Waals surface area (Å²) in [6.45, 7) is 0. The minimum Gasteiger partial charge on any atom is -0.361 e. The summed E-state index contributed by atoms with van der Waals surface area (Å²) in [4.78, 5) is 3.30. The molecule has 0 amide bonds. The average Bonchev–Trinajstić information content (AvgIpc) is 1.62. The maximum absolute atomic E-state index is 11.4. The highest BCUT2D eigenvalue weighted by Crippen LogP contribution is 2.08. The number of rotatable bonds is 2. The molecular weight excluding hydrogens is 122 g/mol. The Labute approximate surface area is 44.0 Å². The van der Waals surface area contributed by atoms with Crippen molar-refractivity contribution in [3.63, 3.8) is 0 Å². The van der Waals surface area contributed by atoms with Gasteiger partial charge in [-0.05, 0) is 0 Å². The van der Waals surface area contributed by atoms with Crippen LogP contribution < -0.4 is 11.6 Å². The molecule has 0 aliphatic carbocycles. The lowest BCUT2D eigenvalue weighted by Gasteiger charge is -2.13. The van der Waals surface area contributed by atoms with Crippen molar-refractivity contribution in [2.24, 2.45) is 11.6 Å². The molecule has 50 valence electrons. The zero-order valence-electron chi connectivity index (χ0n) is 3.84. The van der Waals surface area contributed by atoms with Gasteiger partial charge >= 0.3 is 6.05 Å². The molecule has 1 atom stereocenters. The lowest BCUT2D eigenvalue weighted by molar-refractivity contribution is -0.233. The molecule has 0 aromatic rings. The smallest absolute Gasteiger partial charge is 0.352 e. The molecule has 0 bridgehead atoms. The maximum Gasteiger partial charge on any atom is 0.352 e. The zero-order valence-corrected chi connectivity index (χ0v) is 3.84. The molecule has 0 aliphatic rings. The molecule has 0 spiro atoms. The summed E-state index contributed by atoms with van der Waals surface area (Å²) in [6.07, 6.45) is -2.43. The summed E-state index contributed by atoms with van der Waals surface area (Å²) in [5.41, 5.74) is 4.00. The van der Waals surface area contributed by atoms with Crippen LogP contribution >= 0.6 is 0 Å². The van der Waals surface area contributed by atoms with E-state index < -0.39 is 12.3 Å². The van der Waals surface area contributed by atoms with E-state index in [0.29, 0.717) is 0 Å². The highest BCUT2D eigenvalue weighted by atomic mass is 19.3. The van der Waals surface area contributed by atoms with Crippen LogP contribution in [0.3, 0.4) is 0 Å². The molecular formula is C2H6F2N2O2. The van der Waals surface area contributed by atoms with Gasteiger partial charge in [0.05, 0.1) is 0 Å². The van der Waals surface area contributed by atoms with Crippen LogP contribution in [0.15, 0.2) is 0 Å². The number of hydrogen-bond donors (Lipinski definition) is 3. The molecule has 0 aliphatic heterocycles. The van der Waals surface area contributed by atoms with Crippen LogP contribution in [-0.2, 0) is 4.84 Å². The quantitative estimate of drug-likeness (QED) is 0.246. The molecule has 0 heterocycles. The number of hydrogen-bond acceptors (Lipinski definition) is 4. The van der Waals surface area contributed by atoms with Crippen molar-refractivity contribution in [2.75, 3.05) is 0 Å². The number of alkyl halides is 2. The van der Waals surface area contributed by atoms with E-state index in [1.807, 2.05) is 0 Å². The Morgan fingerprint density at radius 2 is 2.00 bits per heavy atom. The molecule has 8 heavy (non-hydrogen) atoms. The number of aliphatic hydroxyl groups excluding tert-OH is 1. The van der Waals surface area contributed by atoms with Crippen LogP contribution in [0.25, 0.3) is 0 Å². The third-order valence-electron chi connectivity index (χ3n) is 0.458. The van der Waals surface area contributed by atoms with Gasteiger partial charge in [0.25, 0.3) is 6.29 Å². The molecule has 0 radical (unpaired) electrons. The number of aliphatic hydroxyl groups is 1. The second kappa shape index (κ2) is 2.31. The number of nitrogens with two attached hydrogens (primary N) is 2. The molecule has 4 nitrogen and oxygen atoms in total. The highest BCUT2D eigenvalue weighted by Gasteiger charge is 2.33. The third kappa shape index (κ3) is 2.12. The Hall–Kier alpha value is -0.300. The van der Waals surface area contributed by atoms with E-state index in [9.17, 15) is 8.78 Å². The Kier molecular flexibility index (Phi) is 2.23. The summed E-state index contributed by atoms with van der Waals surface area (Å²) in [7, 11) is 0. The van der Waals surface area contributed by atoms with Crippen LogP contribution in [0.5, 0.6) is 0 Å². The molecule has 0 fully saturated rings. The third-order valence-corrected chi connectivity index (χ3v) is 0.458. The maximum atomic E-state index is 11.4. The van der Waals surface area contributed by atoms with E-state index in [1.54, 1.807) is 0 Å². The average molecular weight is 128 g/mol. The largest absolute Gasteiger partial charge is 0.361 e. The van der Waals surface area contributed by atoms with E-state index in [4.69, 9.17) is 5.11 Å². The minimum absolute atomic E-state index is 2.43. The van der Waals surface area contributed by atoms with Crippen LogP contribution in [-0.4, -0.2) is 17.4 Å². The van der Waals surface area contributed by atoms with Gasteiger partial charge in [-0.15, -0.1) is 0 Å². The molecule has 0 saturated heterocycles. The van der Waals surface area contributed by atoms with Crippen molar-refractivity contribution in [1.82, 2.24) is 0 Å². The lowest BCUT2D eigenvalue weighted by atomic mass is 10.6. The van der Waals surface area contributed by atoms with Gasteiger partial charge in [-0.25, -0.2) is 5.90 Å². The summed E-state index contributed by atoms with van der Waals surface area (Å²) in [5, 5.41) is 7.97. The first-order valence-corrected chi connectivity index (χ1v) is 1.68. The predicted octanol–water partition coefficient (Wildman–Crippen LogP) is -1.25. The second-order valence-corrected chi connectivity index (χ2v) is 1.16. The van der Waals surface area contributed by atoms with Crippen molar-refractivity contribution in [3.8, 4) is 0 Å². The standard InChI is InChI=1S/C2H6F2N2O2/c3-2(4,5)1(7)8-6/h1,7H,5-6H2. The molecule has 6 heteroatoms. The number of halogens is 2. The monoisotopic (exact) mass is 128 g/mol. The van der Waals surface area contributed by atoms with Crippen LogP contribution in [0, 0.1) is 0 Å². The normalized spacial score (nSPS) is 16.1. The first-order valence-electron chi connectivity index (χ1n) is 1.68. The molecule has 0 aromatic heterocycles. The summed E-state index contributed by atoms with van der Waals surface area (Å²) in [5.74, 6) is 4.15. The van der Waals surface area contributed by atoms with Gasteiger partial charge in [0.2, 0.25) is 0 Å². The van der Waals surface area contributed by atoms with E-state index >= 15 is 0 Å². The first kappa shape index (κ1) is 7.70. The molecule has 0 rings (SSSR count). The summed E-state index contributed by atoms with van der Waals surface area (Å²) < 4.78 is 22.9. The topological polar surface area (TPSA) is 81.5 Å². The Morgan fingerprint density at radius 3 is 2.00 bits per heavy atom. The van der Waals surface area contributed by atoms with Crippen molar-refractivity contribution in [1.29, 1.82) is 0 Å². The van der Waals surface area contributed by atoms with Gasteiger partial charge in [0.15, 0.2) is 0 Å². The molecule has 0 aromatic carbocycles. The van der Waals surface area contributed by atoms with E-state index in [0.717, 1.165) is 0 Å². The Bertz CT molecular complexity index is 72.9. The SMILES string of the molecule is NOC(O)C(N)(F)F. The second-order valence-electron chi connectivity index (χ2n) is 1.16. The van der Waals surface area contributed by atoms with Crippen molar-refractivity contribution in [2.45, 2.75) is 12.3 Å². The predicted molar refractivity (Wildman–Crippen MR) is 20.4 cm³/mol. The fourth-order valence-corrected chi connectivity index (χ4v) is 0.0907. The van der Waals surface area contributed by atoms with Crippen LogP contribution in [0.1, 0.15) is 0 Å². The van der Waals surface area contributed by atoms with E-state index in [-0.39, 0.29) is 0 Å². The first-order chi connectivity index (χ1) is 3.48. The van der Waals surface area contributed by atoms with E-state index in [1.165, 1.54) is 0 Å². The van der Waals surface area contributed by atoms with Crippen LogP contribution in [0.4, 0.5) is 8.78 Å². The van der Waals surface area contributed by atoms with Gasteiger partial charge < -0.3 is 5.11 Å². The van der Waals surface area contributed by atoms with Crippen LogP contribution in [0.2, 0.25) is 0 Å². The van der Waals surface area contributed by atoms with Crippen molar-refractivity contribution >= 4 is 0 Å². The van der Waals surface area contributed by atoms with Crippen molar-refractivity contribution < 1.29 is 18.7 Å². The lowest BCUT2D eigenvalue weighted by Crippen LogP contribution is -2.45. The van der Waals surface area contributed by atoms with Gasteiger partial charge in [-0.2, -0.15) is 8.78 Å². The fourth-order valence-electron chi connectivity index (χ4n) is 0.0907. The summed E-state index contributed by atoms with van der Waals surface area (Å²) >= 11 is 0. The molecule has 1 unspecified atom stereocenters. The minimum atomic E-state index is -3.78.